The number of pyridine rings is 1. The fourth-order valence-electron chi connectivity index (χ4n) is 1.37. The Hall–Kier alpha value is -1.38. The van der Waals surface area contributed by atoms with Crippen LogP contribution in [0.4, 0.5) is 0 Å². The summed E-state index contributed by atoms with van der Waals surface area (Å²) in [5.74, 6) is 1.13. The number of hydrogen-bond donors (Lipinski definition) is 0. The topological polar surface area (TPSA) is 39.2 Å². The van der Waals surface area contributed by atoms with Crippen molar-refractivity contribution in [2.24, 2.45) is 0 Å². The van der Waals surface area contributed by atoms with E-state index in [1.807, 2.05) is 13.0 Å². The minimum atomic E-state index is 0.195. The van der Waals surface area contributed by atoms with Crippen molar-refractivity contribution in [1.29, 1.82) is 0 Å². The second-order valence-electron chi connectivity index (χ2n) is 3.47. The van der Waals surface area contributed by atoms with Gasteiger partial charge in [0.05, 0.1) is 13.3 Å². The molecule has 0 aliphatic rings. The molecule has 76 valence electrons. The van der Waals surface area contributed by atoms with Gasteiger partial charge in [-0.2, -0.15) is 0 Å². The molecule has 0 bridgehead atoms. The summed E-state index contributed by atoms with van der Waals surface area (Å²) in [5, 5.41) is 0. The molecule has 0 amide bonds. The number of Topliss-reactive ketones (excluding diaryl/α,β-unsaturated/α-hetero) is 1. The van der Waals surface area contributed by atoms with Crippen LogP contribution < -0.4 is 4.74 Å². The number of nitrogens with zero attached hydrogens (tertiary/aromatic N) is 1. The van der Waals surface area contributed by atoms with Crippen LogP contribution in [-0.2, 0) is 4.79 Å². The zero-order chi connectivity index (χ0) is 10.6. The van der Waals surface area contributed by atoms with E-state index in [0.717, 1.165) is 11.3 Å². The molecule has 0 aliphatic heterocycles. The first-order valence-electron chi connectivity index (χ1n) is 4.62. The highest BCUT2D eigenvalue weighted by Crippen LogP contribution is 2.21. The van der Waals surface area contributed by atoms with Gasteiger partial charge in [0.1, 0.15) is 11.5 Å². The number of ketones is 1. The van der Waals surface area contributed by atoms with E-state index in [2.05, 4.69) is 4.98 Å². The summed E-state index contributed by atoms with van der Waals surface area (Å²) in [6.07, 6.45) is 3.98. The maximum Gasteiger partial charge on any atom is 0.137 e. The van der Waals surface area contributed by atoms with Crippen LogP contribution >= 0.6 is 0 Å². The molecule has 1 unspecified atom stereocenters. The van der Waals surface area contributed by atoms with E-state index < -0.39 is 0 Å². The summed E-state index contributed by atoms with van der Waals surface area (Å²) in [6.45, 7) is 3.61. The fourth-order valence-corrected chi connectivity index (χ4v) is 1.37. The van der Waals surface area contributed by atoms with Crippen molar-refractivity contribution in [3.05, 3.63) is 24.0 Å². The van der Waals surface area contributed by atoms with Crippen molar-refractivity contribution < 1.29 is 9.53 Å². The van der Waals surface area contributed by atoms with Gasteiger partial charge in [-0.15, -0.1) is 0 Å². The van der Waals surface area contributed by atoms with Crippen LogP contribution in [0, 0.1) is 0 Å². The monoisotopic (exact) mass is 193 g/mol. The van der Waals surface area contributed by atoms with E-state index in [9.17, 15) is 4.79 Å². The normalized spacial score (nSPS) is 12.2. The Morgan fingerprint density at radius 3 is 2.86 bits per heavy atom. The molecule has 14 heavy (non-hydrogen) atoms. The third kappa shape index (κ3) is 2.83. The molecule has 1 atom stereocenters. The molecule has 0 aliphatic carbocycles. The molecular weight excluding hydrogens is 178 g/mol. The van der Waals surface area contributed by atoms with Crippen LogP contribution in [0.5, 0.6) is 5.75 Å². The molecule has 0 radical (unpaired) electrons. The molecule has 1 heterocycles. The summed E-state index contributed by atoms with van der Waals surface area (Å²) in [6, 6.07) is 1.92. The van der Waals surface area contributed by atoms with Crippen molar-refractivity contribution in [2.45, 2.75) is 26.2 Å². The van der Waals surface area contributed by atoms with E-state index in [0.29, 0.717) is 6.42 Å². The second-order valence-corrected chi connectivity index (χ2v) is 3.47. The molecule has 0 aromatic carbocycles. The van der Waals surface area contributed by atoms with Crippen molar-refractivity contribution in [2.75, 3.05) is 7.11 Å². The SMILES string of the molecule is COc1cncc(C(C)CC(C)=O)c1. The third-order valence-electron chi connectivity index (χ3n) is 2.13. The maximum absolute atomic E-state index is 10.9. The van der Waals surface area contributed by atoms with Gasteiger partial charge < -0.3 is 9.53 Å². The van der Waals surface area contributed by atoms with E-state index in [1.165, 1.54) is 0 Å². The molecule has 1 aromatic heterocycles. The number of methoxy groups -OCH3 is 1. The molecule has 0 spiro atoms. The fraction of sp³-hybridized carbons (Fsp3) is 0.455. The lowest BCUT2D eigenvalue weighted by molar-refractivity contribution is -0.117. The van der Waals surface area contributed by atoms with Crippen LogP contribution in [-0.4, -0.2) is 17.9 Å². The van der Waals surface area contributed by atoms with Gasteiger partial charge in [-0.05, 0) is 24.5 Å². The number of carbonyl (C=O) groups is 1. The minimum absolute atomic E-state index is 0.195. The van der Waals surface area contributed by atoms with Gasteiger partial charge >= 0.3 is 0 Å². The summed E-state index contributed by atoms with van der Waals surface area (Å²) in [5.41, 5.74) is 1.04. The van der Waals surface area contributed by atoms with Crippen LogP contribution in [0.1, 0.15) is 31.7 Å². The Morgan fingerprint density at radius 1 is 1.57 bits per heavy atom. The number of rotatable bonds is 4. The number of hydrogen-bond acceptors (Lipinski definition) is 3. The molecule has 1 aromatic rings. The predicted molar refractivity (Wildman–Crippen MR) is 54.5 cm³/mol. The Balaban J connectivity index is 2.78. The van der Waals surface area contributed by atoms with Crippen LogP contribution in [0.25, 0.3) is 0 Å². The quantitative estimate of drug-likeness (QED) is 0.735. The lowest BCUT2D eigenvalue weighted by atomic mass is 9.98. The van der Waals surface area contributed by atoms with Crippen molar-refractivity contribution in [3.8, 4) is 5.75 Å². The summed E-state index contributed by atoms with van der Waals surface area (Å²) in [4.78, 5) is 15.0. The first kappa shape index (κ1) is 10.7. The summed E-state index contributed by atoms with van der Waals surface area (Å²) < 4.78 is 5.06. The van der Waals surface area contributed by atoms with E-state index in [4.69, 9.17) is 4.74 Å². The average Bonchev–Trinajstić information content (AvgIpc) is 2.17. The lowest BCUT2D eigenvalue weighted by Crippen LogP contribution is -2.01. The largest absolute Gasteiger partial charge is 0.495 e. The van der Waals surface area contributed by atoms with Crippen LogP contribution in [0.15, 0.2) is 18.5 Å². The van der Waals surface area contributed by atoms with Crippen molar-refractivity contribution in [1.82, 2.24) is 4.98 Å². The Morgan fingerprint density at radius 2 is 2.29 bits per heavy atom. The van der Waals surface area contributed by atoms with Gasteiger partial charge in [-0.1, -0.05) is 6.92 Å². The van der Waals surface area contributed by atoms with Gasteiger partial charge in [-0.3, -0.25) is 4.98 Å². The first-order chi connectivity index (χ1) is 6.63. The molecule has 3 nitrogen and oxygen atoms in total. The predicted octanol–water partition coefficient (Wildman–Crippen LogP) is 2.17. The zero-order valence-electron chi connectivity index (χ0n) is 8.78. The Kier molecular flexibility index (Phi) is 3.63. The Bertz CT molecular complexity index is 323. The number of aromatic nitrogens is 1. The Labute approximate surface area is 84.1 Å². The van der Waals surface area contributed by atoms with E-state index in [-0.39, 0.29) is 11.7 Å². The van der Waals surface area contributed by atoms with Crippen molar-refractivity contribution in [3.63, 3.8) is 0 Å². The van der Waals surface area contributed by atoms with Crippen LogP contribution in [0.2, 0.25) is 0 Å². The number of carbonyl (C=O) groups excluding carboxylic acids is 1. The van der Waals surface area contributed by atoms with Gasteiger partial charge in [0, 0.05) is 12.6 Å². The van der Waals surface area contributed by atoms with Crippen molar-refractivity contribution >= 4 is 5.78 Å². The smallest absolute Gasteiger partial charge is 0.137 e. The molecule has 1 rings (SSSR count). The van der Waals surface area contributed by atoms with Crippen LogP contribution in [0.3, 0.4) is 0 Å². The highest BCUT2D eigenvalue weighted by Gasteiger charge is 2.09. The molecular formula is C11H15NO2. The molecule has 0 saturated heterocycles. The second kappa shape index (κ2) is 4.74. The van der Waals surface area contributed by atoms with Gasteiger partial charge in [0.25, 0.3) is 0 Å². The third-order valence-corrected chi connectivity index (χ3v) is 2.13. The highest BCUT2D eigenvalue weighted by molar-refractivity contribution is 5.76. The van der Waals surface area contributed by atoms with Gasteiger partial charge in [0.2, 0.25) is 0 Å². The molecule has 0 saturated carbocycles. The van der Waals surface area contributed by atoms with Gasteiger partial charge in [0.15, 0.2) is 0 Å². The van der Waals surface area contributed by atoms with E-state index in [1.54, 1.807) is 26.4 Å². The highest BCUT2D eigenvalue weighted by atomic mass is 16.5. The molecule has 0 fully saturated rings. The maximum atomic E-state index is 10.9. The number of ether oxygens (including phenoxy) is 1. The zero-order valence-corrected chi connectivity index (χ0v) is 8.78. The summed E-state index contributed by atoms with van der Waals surface area (Å²) in [7, 11) is 1.61. The van der Waals surface area contributed by atoms with Gasteiger partial charge in [-0.25, -0.2) is 0 Å². The lowest BCUT2D eigenvalue weighted by Gasteiger charge is -2.10. The minimum Gasteiger partial charge on any atom is -0.495 e. The molecule has 0 N–H and O–H groups in total. The summed E-state index contributed by atoms with van der Waals surface area (Å²) >= 11 is 0. The van der Waals surface area contributed by atoms with E-state index >= 15 is 0 Å². The first-order valence-corrected chi connectivity index (χ1v) is 4.62. The standard InChI is InChI=1S/C11H15NO2/c1-8(4-9(2)13)10-5-11(14-3)7-12-6-10/h5-8H,4H2,1-3H3. The average molecular weight is 193 g/mol. The molecule has 3 heteroatoms.